The standard InChI is InChI=1S/C58H60N4O/c1-55(2,3)42-24-19-25-45(32-42)61-39-60(38-53(61)58(9,10)41-22-15-12-16-23-41)46-33-44(56(4,5)6)34-48(36-46)63-47-28-29-50-49-26-17-18-27-51(49)62(52(50)37-47)54-35-43(30-31-59-54)57(7,8)40-20-13-11-14-21-40/h11-38H,39H2,1-10H3. The second-order valence-corrected chi connectivity index (χ2v) is 20.3. The zero-order valence-electron chi connectivity index (χ0n) is 38.6. The quantitative estimate of drug-likeness (QED) is 0.145. The Balaban J connectivity index is 1.13. The van der Waals surface area contributed by atoms with Crippen LogP contribution in [0.3, 0.4) is 0 Å². The van der Waals surface area contributed by atoms with Gasteiger partial charge in [-0.3, -0.25) is 4.57 Å². The second kappa shape index (κ2) is 15.6. The van der Waals surface area contributed by atoms with Gasteiger partial charge in [-0.25, -0.2) is 4.98 Å². The number of anilines is 2. The minimum atomic E-state index is -0.270. The van der Waals surface area contributed by atoms with E-state index >= 15 is 0 Å². The Morgan fingerprint density at radius 3 is 1.78 bits per heavy atom. The number of para-hydroxylation sites is 1. The highest BCUT2D eigenvalue weighted by atomic mass is 16.5. The third-order valence-corrected chi connectivity index (χ3v) is 13.2. The lowest BCUT2D eigenvalue weighted by molar-refractivity contribution is 0.479. The van der Waals surface area contributed by atoms with Crippen LogP contribution in [-0.2, 0) is 21.7 Å². The molecular formula is C58H60N4O. The van der Waals surface area contributed by atoms with Crippen molar-refractivity contribution in [3.8, 4) is 17.3 Å². The van der Waals surface area contributed by atoms with Gasteiger partial charge in [0.1, 0.15) is 17.3 Å². The van der Waals surface area contributed by atoms with Crippen LogP contribution in [-0.4, -0.2) is 16.2 Å². The van der Waals surface area contributed by atoms with Crippen molar-refractivity contribution >= 4 is 33.2 Å². The molecule has 0 radical (unpaired) electrons. The Hall–Kier alpha value is -6.59. The van der Waals surface area contributed by atoms with Gasteiger partial charge >= 0.3 is 0 Å². The van der Waals surface area contributed by atoms with Gasteiger partial charge in [0.25, 0.3) is 0 Å². The Labute approximate surface area is 374 Å². The zero-order chi connectivity index (χ0) is 44.3. The molecule has 0 bridgehead atoms. The van der Waals surface area contributed by atoms with Gasteiger partial charge in [0.05, 0.1) is 17.7 Å². The Kier molecular flexibility index (Phi) is 10.4. The number of rotatable bonds is 9. The highest BCUT2D eigenvalue weighted by molar-refractivity contribution is 6.09. The van der Waals surface area contributed by atoms with E-state index in [4.69, 9.17) is 9.72 Å². The van der Waals surface area contributed by atoms with Crippen molar-refractivity contribution in [2.75, 3.05) is 16.5 Å². The van der Waals surface area contributed by atoms with Crippen LogP contribution in [0, 0.1) is 0 Å². The smallest absolute Gasteiger partial charge is 0.137 e. The molecule has 0 saturated carbocycles. The molecule has 5 heteroatoms. The molecule has 0 spiro atoms. The fourth-order valence-electron chi connectivity index (χ4n) is 9.09. The van der Waals surface area contributed by atoms with Crippen LogP contribution in [0.4, 0.5) is 11.4 Å². The van der Waals surface area contributed by atoms with Crippen molar-refractivity contribution < 1.29 is 4.74 Å². The highest BCUT2D eigenvalue weighted by Crippen LogP contribution is 2.44. The van der Waals surface area contributed by atoms with Crippen molar-refractivity contribution in [3.63, 3.8) is 0 Å². The van der Waals surface area contributed by atoms with Gasteiger partial charge in [0, 0.05) is 63.2 Å². The van der Waals surface area contributed by atoms with Crippen LogP contribution >= 0.6 is 0 Å². The number of fused-ring (bicyclic) bond motifs is 3. The number of aromatic nitrogens is 2. The normalized spacial score (nSPS) is 13.8. The summed E-state index contributed by atoms with van der Waals surface area (Å²) in [7, 11) is 0. The molecule has 63 heavy (non-hydrogen) atoms. The first-order chi connectivity index (χ1) is 30.0. The number of hydrogen-bond acceptors (Lipinski definition) is 4. The van der Waals surface area contributed by atoms with E-state index < -0.39 is 0 Å². The van der Waals surface area contributed by atoms with Crippen molar-refractivity contribution in [3.05, 3.63) is 204 Å². The lowest BCUT2D eigenvalue weighted by Crippen LogP contribution is -2.34. The van der Waals surface area contributed by atoms with Crippen molar-refractivity contribution in [1.82, 2.24) is 9.55 Å². The van der Waals surface area contributed by atoms with Crippen molar-refractivity contribution in [2.45, 2.75) is 90.9 Å². The fraction of sp³-hybridized carbons (Fsp3) is 0.259. The second-order valence-electron chi connectivity index (χ2n) is 20.3. The Morgan fingerprint density at radius 1 is 0.460 bits per heavy atom. The van der Waals surface area contributed by atoms with E-state index in [0.29, 0.717) is 6.67 Å². The summed E-state index contributed by atoms with van der Waals surface area (Å²) < 4.78 is 9.26. The van der Waals surface area contributed by atoms with Crippen LogP contribution < -0.4 is 14.5 Å². The van der Waals surface area contributed by atoms with Gasteiger partial charge in [-0.05, 0) is 93.2 Å². The van der Waals surface area contributed by atoms with Gasteiger partial charge in [0.15, 0.2) is 0 Å². The summed E-state index contributed by atoms with van der Waals surface area (Å²) in [4.78, 5) is 9.87. The van der Waals surface area contributed by atoms with Crippen LogP contribution in [0.5, 0.6) is 11.5 Å². The highest BCUT2D eigenvalue weighted by Gasteiger charge is 2.36. The summed E-state index contributed by atoms with van der Waals surface area (Å²) in [6.07, 6.45) is 4.30. The summed E-state index contributed by atoms with van der Waals surface area (Å²) in [5, 5.41) is 2.33. The first-order valence-corrected chi connectivity index (χ1v) is 22.3. The van der Waals surface area contributed by atoms with Crippen molar-refractivity contribution in [1.29, 1.82) is 0 Å². The van der Waals surface area contributed by atoms with Crippen LogP contribution in [0.2, 0.25) is 0 Å². The van der Waals surface area contributed by atoms with Crippen LogP contribution in [0.1, 0.15) is 97.1 Å². The van der Waals surface area contributed by atoms with E-state index in [1.165, 1.54) is 44.6 Å². The van der Waals surface area contributed by atoms with Gasteiger partial charge in [-0.2, -0.15) is 0 Å². The Morgan fingerprint density at radius 2 is 1.08 bits per heavy atom. The molecule has 2 aromatic heterocycles. The average molecular weight is 829 g/mol. The predicted molar refractivity (Wildman–Crippen MR) is 265 cm³/mol. The average Bonchev–Trinajstić information content (AvgIpc) is 3.87. The van der Waals surface area contributed by atoms with Crippen LogP contribution in [0.15, 0.2) is 176 Å². The van der Waals surface area contributed by atoms with Crippen molar-refractivity contribution in [2.24, 2.45) is 0 Å². The summed E-state index contributed by atoms with van der Waals surface area (Å²) in [6, 6.07) is 56.8. The molecule has 5 nitrogen and oxygen atoms in total. The topological polar surface area (TPSA) is 33.5 Å². The summed E-state index contributed by atoms with van der Waals surface area (Å²) in [6.45, 7) is 23.6. The van der Waals surface area contributed by atoms with E-state index in [2.05, 4.69) is 248 Å². The number of nitrogens with zero attached hydrogens (tertiary/aromatic N) is 4. The van der Waals surface area contributed by atoms with E-state index in [1.807, 2.05) is 6.20 Å². The molecule has 0 aliphatic carbocycles. The first-order valence-electron chi connectivity index (χ1n) is 22.3. The van der Waals surface area contributed by atoms with Gasteiger partial charge < -0.3 is 14.5 Å². The molecule has 0 unspecified atom stereocenters. The van der Waals surface area contributed by atoms with Gasteiger partial charge in [0.2, 0.25) is 0 Å². The molecule has 0 amide bonds. The molecule has 0 fully saturated rings. The first kappa shape index (κ1) is 41.7. The van der Waals surface area contributed by atoms with Crippen LogP contribution in [0.25, 0.3) is 27.6 Å². The molecule has 6 aromatic carbocycles. The number of benzene rings is 6. The zero-order valence-corrected chi connectivity index (χ0v) is 38.6. The third-order valence-electron chi connectivity index (χ3n) is 13.2. The van der Waals surface area contributed by atoms with E-state index in [0.717, 1.165) is 39.4 Å². The SMILES string of the molecule is CC(C)(C)c1cc(Oc2ccc3c4ccccc4n(-c4cc(C(C)(C)c5ccccc5)ccn4)c3c2)cc(N2C=C(C(C)(C)c3ccccc3)N(c3cccc(C(C)(C)C)c3)C2)c1. The van der Waals surface area contributed by atoms with Gasteiger partial charge in [-0.15, -0.1) is 0 Å². The largest absolute Gasteiger partial charge is 0.457 e. The Bertz CT molecular complexity index is 2980. The molecule has 1 aliphatic heterocycles. The molecule has 1 aliphatic rings. The third kappa shape index (κ3) is 7.90. The fourth-order valence-corrected chi connectivity index (χ4v) is 9.09. The van der Waals surface area contributed by atoms with E-state index in [-0.39, 0.29) is 21.7 Å². The maximum atomic E-state index is 6.98. The lowest BCUT2D eigenvalue weighted by atomic mass is 9.78. The van der Waals surface area contributed by atoms with Gasteiger partial charge in [-0.1, -0.05) is 160 Å². The summed E-state index contributed by atoms with van der Waals surface area (Å²) >= 11 is 0. The number of hydrogen-bond donors (Lipinski definition) is 0. The maximum Gasteiger partial charge on any atom is 0.137 e. The minimum Gasteiger partial charge on any atom is -0.457 e. The predicted octanol–water partition coefficient (Wildman–Crippen LogP) is 15.0. The maximum absolute atomic E-state index is 6.98. The molecule has 9 rings (SSSR count). The monoisotopic (exact) mass is 828 g/mol. The number of pyridine rings is 1. The molecule has 0 atom stereocenters. The molecule has 0 saturated heterocycles. The molecule has 318 valence electrons. The molecule has 0 N–H and O–H groups in total. The summed E-state index contributed by atoms with van der Waals surface area (Å²) in [5.41, 5.74) is 11.4. The number of allylic oxidation sites excluding steroid dienone is 1. The van der Waals surface area contributed by atoms with E-state index in [1.54, 1.807) is 0 Å². The minimum absolute atomic E-state index is 0.0265. The molecule has 3 heterocycles. The number of ether oxygens (including phenoxy) is 1. The summed E-state index contributed by atoms with van der Waals surface area (Å²) in [5.74, 6) is 2.45. The molecule has 8 aromatic rings. The molecular weight excluding hydrogens is 769 g/mol. The lowest BCUT2D eigenvalue weighted by Gasteiger charge is -2.34. The van der Waals surface area contributed by atoms with E-state index in [9.17, 15) is 0 Å².